The van der Waals surface area contributed by atoms with Gasteiger partial charge in [0.1, 0.15) is 11.6 Å². The van der Waals surface area contributed by atoms with E-state index in [-0.39, 0.29) is 5.82 Å². The van der Waals surface area contributed by atoms with Gasteiger partial charge in [-0.25, -0.2) is 4.39 Å². The summed E-state index contributed by atoms with van der Waals surface area (Å²) in [5.41, 5.74) is 5.96. The lowest BCUT2D eigenvalue weighted by Crippen LogP contribution is -2.01. The Labute approximate surface area is 82.9 Å². The normalized spacial score (nSPS) is 15.5. The zero-order valence-corrected chi connectivity index (χ0v) is 8.00. The highest BCUT2D eigenvalue weighted by atomic mass is 19.1. The van der Waals surface area contributed by atoms with E-state index >= 15 is 0 Å². The fourth-order valence-electron chi connectivity index (χ4n) is 1.39. The first-order valence-corrected chi connectivity index (χ1v) is 4.93. The molecule has 0 unspecified atom stereocenters. The van der Waals surface area contributed by atoms with Crippen LogP contribution in [-0.4, -0.2) is 6.61 Å². The molecular weight excluding hydrogens is 181 g/mol. The van der Waals surface area contributed by atoms with Crippen molar-refractivity contribution in [1.29, 1.82) is 0 Å². The molecule has 0 amide bonds. The standard InChI is InChI=1S/C11H14FNO/c12-9-3-4-11(10(13)7-9)14-6-5-8-1-2-8/h3-4,7-8H,1-2,5-6,13H2. The molecule has 0 atom stereocenters. The highest BCUT2D eigenvalue weighted by Crippen LogP contribution is 2.32. The van der Waals surface area contributed by atoms with E-state index in [1.54, 1.807) is 6.07 Å². The fourth-order valence-corrected chi connectivity index (χ4v) is 1.39. The first kappa shape index (κ1) is 9.31. The maximum atomic E-state index is 12.7. The summed E-state index contributed by atoms with van der Waals surface area (Å²) in [7, 11) is 0. The van der Waals surface area contributed by atoms with Crippen molar-refractivity contribution in [3.63, 3.8) is 0 Å². The molecule has 14 heavy (non-hydrogen) atoms. The number of nitrogens with two attached hydrogens (primary N) is 1. The van der Waals surface area contributed by atoms with Gasteiger partial charge in [0, 0.05) is 6.07 Å². The van der Waals surface area contributed by atoms with Crippen LogP contribution < -0.4 is 10.5 Å². The van der Waals surface area contributed by atoms with Crippen molar-refractivity contribution >= 4 is 5.69 Å². The largest absolute Gasteiger partial charge is 0.491 e. The first-order valence-electron chi connectivity index (χ1n) is 4.93. The third-order valence-corrected chi connectivity index (χ3v) is 2.45. The molecule has 0 radical (unpaired) electrons. The van der Waals surface area contributed by atoms with Crippen LogP contribution in [0.15, 0.2) is 18.2 Å². The summed E-state index contributed by atoms with van der Waals surface area (Å²) in [4.78, 5) is 0. The van der Waals surface area contributed by atoms with Crippen molar-refractivity contribution < 1.29 is 9.13 Å². The van der Waals surface area contributed by atoms with Crippen LogP contribution in [0.3, 0.4) is 0 Å². The van der Waals surface area contributed by atoms with Gasteiger partial charge in [0.2, 0.25) is 0 Å². The Bertz CT molecular complexity index is 323. The van der Waals surface area contributed by atoms with E-state index in [2.05, 4.69) is 0 Å². The highest BCUT2D eigenvalue weighted by Gasteiger charge is 2.20. The second-order valence-corrected chi connectivity index (χ2v) is 3.76. The molecule has 1 fully saturated rings. The monoisotopic (exact) mass is 195 g/mol. The topological polar surface area (TPSA) is 35.2 Å². The summed E-state index contributed by atoms with van der Waals surface area (Å²) in [5, 5.41) is 0. The van der Waals surface area contributed by atoms with Gasteiger partial charge in [-0.2, -0.15) is 0 Å². The van der Waals surface area contributed by atoms with Gasteiger partial charge >= 0.3 is 0 Å². The molecule has 2 rings (SSSR count). The van der Waals surface area contributed by atoms with Crippen LogP contribution in [0.4, 0.5) is 10.1 Å². The minimum Gasteiger partial charge on any atom is -0.491 e. The predicted octanol–water partition coefficient (Wildman–Crippen LogP) is 2.59. The van der Waals surface area contributed by atoms with Crippen molar-refractivity contribution in [1.82, 2.24) is 0 Å². The molecule has 0 spiro atoms. The van der Waals surface area contributed by atoms with Crippen LogP contribution >= 0.6 is 0 Å². The fraction of sp³-hybridized carbons (Fsp3) is 0.455. The number of anilines is 1. The van der Waals surface area contributed by atoms with Gasteiger partial charge in [0.25, 0.3) is 0 Å². The van der Waals surface area contributed by atoms with Gasteiger partial charge in [-0.15, -0.1) is 0 Å². The Kier molecular flexibility index (Phi) is 2.57. The van der Waals surface area contributed by atoms with Crippen LogP contribution in [0, 0.1) is 11.7 Å². The van der Waals surface area contributed by atoms with Crippen LogP contribution in [-0.2, 0) is 0 Å². The van der Waals surface area contributed by atoms with E-state index in [1.165, 1.54) is 25.0 Å². The lowest BCUT2D eigenvalue weighted by atomic mass is 10.3. The van der Waals surface area contributed by atoms with Gasteiger partial charge in [0.15, 0.2) is 0 Å². The molecule has 1 saturated carbocycles. The van der Waals surface area contributed by atoms with Gasteiger partial charge < -0.3 is 10.5 Å². The molecular formula is C11H14FNO. The number of hydrogen-bond acceptors (Lipinski definition) is 2. The van der Waals surface area contributed by atoms with E-state index in [0.717, 1.165) is 12.3 Å². The van der Waals surface area contributed by atoms with Gasteiger partial charge in [-0.1, -0.05) is 12.8 Å². The average molecular weight is 195 g/mol. The molecule has 0 aromatic heterocycles. The van der Waals surface area contributed by atoms with E-state index in [9.17, 15) is 4.39 Å². The Morgan fingerprint density at radius 2 is 2.21 bits per heavy atom. The maximum absolute atomic E-state index is 12.7. The summed E-state index contributed by atoms with van der Waals surface area (Å²) in [6.45, 7) is 0.681. The van der Waals surface area contributed by atoms with Crippen molar-refractivity contribution in [2.75, 3.05) is 12.3 Å². The summed E-state index contributed by atoms with van der Waals surface area (Å²) >= 11 is 0. The zero-order chi connectivity index (χ0) is 9.97. The van der Waals surface area contributed by atoms with Gasteiger partial charge in [-0.3, -0.25) is 0 Å². The quantitative estimate of drug-likeness (QED) is 0.749. The number of nitrogen functional groups attached to an aromatic ring is 1. The molecule has 1 aromatic rings. The molecule has 0 bridgehead atoms. The number of hydrogen-bond donors (Lipinski definition) is 1. The van der Waals surface area contributed by atoms with E-state index in [4.69, 9.17) is 10.5 Å². The first-order chi connectivity index (χ1) is 6.75. The molecule has 2 nitrogen and oxygen atoms in total. The summed E-state index contributed by atoms with van der Waals surface area (Å²) < 4.78 is 18.1. The molecule has 0 saturated heterocycles. The van der Waals surface area contributed by atoms with E-state index in [0.29, 0.717) is 18.0 Å². The number of benzene rings is 1. The van der Waals surface area contributed by atoms with Gasteiger partial charge in [0.05, 0.1) is 12.3 Å². The third kappa shape index (κ3) is 2.37. The molecule has 1 aliphatic carbocycles. The highest BCUT2D eigenvalue weighted by molar-refractivity contribution is 5.52. The molecule has 2 N–H and O–H groups in total. The van der Waals surface area contributed by atoms with Gasteiger partial charge in [-0.05, 0) is 24.5 Å². The molecule has 0 heterocycles. The molecule has 3 heteroatoms. The molecule has 1 aromatic carbocycles. The van der Waals surface area contributed by atoms with E-state index < -0.39 is 0 Å². The second-order valence-electron chi connectivity index (χ2n) is 3.76. The van der Waals surface area contributed by atoms with Crippen molar-refractivity contribution in [3.8, 4) is 5.75 Å². The Hall–Kier alpha value is -1.25. The van der Waals surface area contributed by atoms with Crippen LogP contribution in [0.5, 0.6) is 5.75 Å². The summed E-state index contributed by atoms with van der Waals surface area (Å²) in [5.74, 6) is 1.11. The lowest BCUT2D eigenvalue weighted by molar-refractivity contribution is 0.303. The smallest absolute Gasteiger partial charge is 0.142 e. The number of rotatable bonds is 4. The third-order valence-electron chi connectivity index (χ3n) is 2.45. The van der Waals surface area contributed by atoms with Crippen LogP contribution in [0.25, 0.3) is 0 Å². The maximum Gasteiger partial charge on any atom is 0.142 e. The lowest BCUT2D eigenvalue weighted by Gasteiger charge is -2.07. The average Bonchev–Trinajstić information content (AvgIpc) is 2.92. The summed E-state index contributed by atoms with van der Waals surface area (Å²) in [6.07, 6.45) is 3.72. The predicted molar refractivity (Wildman–Crippen MR) is 53.6 cm³/mol. The zero-order valence-electron chi connectivity index (χ0n) is 8.00. The number of ether oxygens (including phenoxy) is 1. The Morgan fingerprint density at radius 1 is 1.43 bits per heavy atom. The van der Waals surface area contributed by atoms with Crippen LogP contribution in [0.1, 0.15) is 19.3 Å². The molecule has 76 valence electrons. The molecule has 1 aliphatic rings. The van der Waals surface area contributed by atoms with Crippen LogP contribution in [0.2, 0.25) is 0 Å². The second kappa shape index (κ2) is 3.86. The Morgan fingerprint density at radius 3 is 2.86 bits per heavy atom. The minimum absolute atomic E-state index is 0.322. The van der Waals surface area contributed by atoms with Crippen molar-refractivity contribution in [3.05, 3.63) is 24.0 Å². The van der Waals surface area contributed by atoms with Crippen molar-refractivity contribution in [2.24, 2.45) is 5.92 Å². The van der Waals surface area contributed by atoms with Crippen molar-refractivity contribution in [2.45, 2.75) is 19.3 Å². The Balaban J connectivity index is 1.87. The summed E-state index contributed by atoms with van der Waals surface area (Å²) in [6, 6.07) is 4.23. The SMILES string of the molecule is Nc1cc(F)ccc1OCCC1CC1. The van der Waals surface area contributed by atoms with E-state index in [1.807, 2.05) is 0 Å². The molecule has 0 aliphatic heterocycles. The number of halogens is 1. The minimum atomic E-state index is -0.322.